The molecule has 1 fully saturated rings. The smallest absolute Gasteiger partial charge is 0.303 e. The average molecular weight is 463 g/mol. The van der Waals surface area contributed by atoms with Crippen LogP contribution in [-0.4, -0.2) is 84.2 Å². The number of hydrogen-bond donors (Lipinski definition) is 0. The number of esters is 4. The van der Waals surface area contributed by atoms with Crippen LogP contribution in [0.4, 0.5) is 0 Å². The van der Waals surface area contributed by atoms with Gasteiger partial charge in [-0.15, -0.1) is 0 Å². The van der Waals surface area contributed by atoms with E-state index in [4.69, 9.17) is 40.6 Å². The Balaban J connectivity index is 3.61. The summed E-state index contributed by atoms with van der Waals surface area (Å²) in [4.78, 5) is 60.0. The number of carbonyl (C=O) groups excluding carboxylic acids is 5. The zero-order chi connectivity index (χ0) is 23.9. The fraction of sp³-hybridized carbons (Fsp3) is 0.667. The highest BCUT2D eigenvalue weighted by Gasteiger charge is 2.54. The molecule has 0 aromatic rings. The number of hydrogen-bond acceptors (Lipinski definition) is 12. The van der Waals surface area contributed by atoms with Crippen LogP contribution in [0.2, 0.25) is 0 Å². The zero-order valence-electron chi connectivity index (χ0n) is 17.9. The van der Waals surface area contributed by atoms with Crippen LogP contribution < -0.4 is 0 Å². The Hall–Kier alpha value is -2.80. The van der Waals surface area contributed by atoms with Crippen LogP contribution >= 0.6 is 12.2 Å². The maximum atomic E-state index is 12.4. The van der Waals surface area contributed by atoms with Gasteiger partial charge in [0.15, 0.2) is 18.3 Å². The minimum atomic E-state index is -1.48. The van der Waals surface area contributed by atoms with E-state index >= 15 is 0 Å². The topological polar surface area (TPSA) is 144 Å². The predicted molar refractivity (Wildman–Crippen MR) is 104 cm³/mol. The molecule has 1 aliphatic rings. The van der Waals surface area contributed by atoms with Crippen molar-refractivity contribution in [3.8, 4) is 0 Å². The first-order valence-electron chi connectivity index (χ1n) is 9.07. The standard InChI is InChI=1S/C18H25NO11S/c1-8(20)19-14(16(29-12(5)24)17(25-6)30-18(19)31)15(28-11(4)23)13(27-10(3)22)7-26-9(2)21/h13-17H,7H2,1-6H3/t13-,14+,15-,16-,17?/m1/s1. The van der Waals surface area contributed by atoms with Crippen molar-refractivity contribution in [3.05, 3.63) is 0 Å². The lowest BCUT2D eigenvalue weighted by Crippen LogP contribution is -2.68. The van der Waals surface area contributed by atoms with E-state index in [1.165, 1.54) is 7.11 Å². The second kappa shape index (κ2) is 11.6. The molecule has 5 atom stereocenters. The van der Waals surface area contributed by atoms with E-state index in [0.29, 0.717) is 0 Å². The van der Waals surface area contributed by atoms with Crippen LogP contribution in [0, 0.1) is 0 Å². The largest absolute Gasteiger partial charge is 0.462 e. The molecule has 0 N–H and O–H groups in total. The summed E-state index contributed by atoms with van der Waals surface area (Å²) in [5.74, 6) is -3.71. The molecule has 1 rings (SSSR count). The lowest BCUT2D eigenvalue weighted by Gasteiger charge is -2.46. The van der Waals surface area contributed by atoms with Gasteiger partial charge >= 0.3 is 23.9 Å². The molecule has 1 heterocycles. The molecule has 12 nitrogen and oxygen atoms in total. The molecule has 0 radical (unpaired) electrons. The number of amides is 1. The molecule has 0 aromatic heterocycles. The molecule has 0 spiro atoms. The Labute approximate surface area is 184 Å². The molecule has 1 aliphatic heterocycles. The van der Waals surface area contributed by atoms with Crippen LogP contribution in [-0.2, 0) is 52.4 Å². The summed E-state index contributed by atoms with van der Waals surface area (Å²) in [6.45, 7) is 5.03. The predicted octanol–water partition coefficient (Wildman–Crippen LogP) is -0.151. The van der Waals surface area contributed by atoms with Crippen LogP contribution in [0.25, 0.3) is 0 Å². The fourth-order valence-electron chi connectivity index (χ4n) is 2.99. The molecule has 174 valence electrons. The van der Waals surface area contributed by atoms with Crippen molar-refractivity contribution < 1.29 is 52.4 Å². The Morgan fingerprint density at radius 3 is 1.97 bits per heavy atom. The molecule has 0 aromatic carbocycles. The third-order valence-electron chi connectivity index (χ3n) is 3.96. The monoisotopic (exact) mass is 463 g/mol. The van der Waals surface area contributed by atoms with Crippen molar-refractivity contribution in [1.29, 1.82) is 0 Å². The number of nitrogens with zero attached hydrogens (tertiary/aromatic N) is 1. The van der Waals surface area contributed by atoms with Gasteiger partial charge in [0.05, 0.1) is 0 Å². The van der Waals surface area contributed by atoms with E-state index in [2.05, 4.69) is 0 Å². The van der Waals surface area contributed by atoms with Crippen LogP contribution in [0.5, 0.6) is 0 Å². The van der Waals surface area contributed by atoms with Gasteiger partial charge in [0, 0.05) is 41.7 Å². The Bertz CT molecular complexity index is 740. The summed E-state index contributed by atoms with van der Waals surface area (Å²) in [6.07, 6.45) is -5.48. The van der Waals surface area contributed by atoms with Crippen molar-refractivity contribution in [1.82, 2.24) is 4.90 Å². The van der Waals surface area contributed by atoms with Crippen molar-refractivity contribution in [2.45, 2.75) is 65.3 Å². The molecular formula is C18H25NO11S. The van der Waals surface area contributed by atoms with Crippen LogP contribution in [0.3, 0.4) is 0 Å². The number of carbonyl (C=O) groups is 5. The first kappa shape index (κ1) is 26.2. The highest BCUT2D eigenvalue weighted by atomic mass is 32.1. The lowest BCUT2D eigenvalue weighted by atomic mass is 9.96. The van der Waals surface area contributed by atoms with E-state index in [-0.39, 0.29) is 5.17 Å². The number of thiocarbonyl (C=S) groups is 1. The Morgan fingerprint density at radius 2 is 1.55 bits per heavy atom. The summed E-state index contributed by atoms with van der Waals surface area (Å²) in [5, 5.41) is -0.348. The van der Waals surface area contributed by atoms with Crippen molar-refractivity contribution >= 4 is 47.2 Å². The Morgan fingerprint density at radius 1 is 0.968 bits per heavy atom. The van der Waals surface area contributed by atoms with E-state index in [9.17, 15) is 24.0 Å². The zero-order valence-corrected chi connectivity index (χ0v) is 18.8. The summed E-state index contributed by atoms with van der Waals surface area (Å²) in [6, 6.07) is -1.34. The SMILES string of the molecule is COC1OC(=S)N(C(C)=O)[C@@H]([C@H](OC(C)=O)[C@@H](COC(C)=O)OC(C)=O)[C@H]1OC(C)=O. The maximum Gasteiger partial charge on any atom is 0.303 e. The molecule has 0 saturated carbocycles. The van der Waals surface area contributed by atoms with Crippen molar-refractivity contribution in [2.75, 3.05) is 13.7 Å². The van der Waals surface area contributed by atoms with Crippen LogP contribution in [0.15, 0.2) is 0 Å². The number of methoxy groups -OCH3 is 1. The van der Waals surface area contributed by atoms with E-state index in [1.54, 1.807) is 0 Å². The third kappa shape index (κ3) is 7.43. The van der Waals surface area contributed by atoms with Crippen molar-refractivity contribution in [3.63, 3.8) is 0 Å². The van der Waals surface area contributed by atoms with Gasteiger partial charge in [0.25, 0.3) is 5.17 Å². The van der Waals surface area contributed by atoms with E-state index in [1.807, 2.05) is 0 Å². The third-order valence-corrected chi connectivity index (χ3v) is 4.26. The lowest BCUT2D eigenvalue weighted by molar-refractivity contribution is -0.225. The first-order chi connectivity index (χ1) is 14.4. The van der Waals surface area contributed by atoms with Crippen molar-refractivity contribution in [2.24, 2.45) is 0 Å². The van der Waals surface area contributed by atoms with Gasteiger partial charge in [-0.3, -0.25) is 28.9 Å². The molecule has 13 heteroatoms. The molecule has 31 heavy (non-hydrogen) atoms. The minimum absolute atomic E-state index is 0.348. The normalized spacial score (nSPS) is 22.5. The van der Waals surface area contributed by atoms with E-state index in [0.717, 1.165) is 39.5 Å². The van der Waals surface area contributed by atoms with Gasteiger partial charge in [-0.2, -0.15) is 0 Å². The second-order valence-corrected chi connectivity index (χ2v) is 6.82. The van der Waals surface area contributed by atoms with Gasteiger partial charge in [-0.05, 0) is 12.2 Å². The van der Waals surface area contributed by atoms with E-state index < -0.39 is 67.0 Å². The number of rotatable bonds is 8. The summed E-state index contributed by atoms with van der Waals surface area (Å²) < 4.78 is 31.4. The maximum absolute atomic E-state index is 12.4. The van der Waals surface area contributed by atoms with Gasteiger partial charge in [0.1, 0.15) is 12.6 Å². The minimum Gasteiger partial charge on any atom is -0.462 e. The highest BCUT2D eigenvalue weighted by molar-refractivity contribution is 7.80. The molecule has 1 unspecified atom stereocenters. The molecule has 0 bridgehead atoms. The summed E-state index contributed by atoms with van der Waals surface area (Å²) in [5.41, 5.74) is 0. The average Bonchev–Trinajstić information content (AvgIpc) is 2.62. The van der Waals surface area contributed by atoms with Gasteiger partial charge in [0.2, 0.25) is 12.2 Å². The van der Waals surface area contributed by atoms with Crippen LogP contribution in [0.1, 0.15) is 34.6 Å². The second-order valence-electron chi connectivity index (χ2n) is 6.47. The van der Waals surface area contributed by atoms with Gasteiger partial charge in [-0.1, -0.05) is 0 Å². The fourth-order valence-corrected chi connectivity index (χ4v) is 3.34. The summed E-state index contributed by atoms with van der Waals surface area (Å²) >= 11 is 5.13. The molecule has 0 aliphatic carbocycles. The Kier molecular flexibility index (Phi) is 9.78. The molecule has 1 saturated heterocycles. The number of ether oxygens (including phenoxy) is 6. The quantitative estimate of drug-likeness (QED) is 0.268. The molecular weight excluding hydrogens is 438 g/mol. The van der Waals surface area contributed by atoms with Gasteiger partial charge in [-0.25, -0.2) is 0 Å². The van der Waals surface area contributed by atoms with Gasteiger partial charge < -0.3 is 28.4 Å². The first-order valence-corrected chi connectivity index (χ1v) is 9.48. The summed E-state index contributed by atoms with van der Waals surface area (Å²) in [7, 11) is 1.24. The molecule has 1 amide bonds. The highest BCUT2D eigenvalue weighted by Crippen LogP contribution is 2.30.